The third kappa shape index (κ3) is 2.10. The first kappa shape index (κ1) is 10.2. The summed E-state index contributed by atoms with van der Waals surface area (Å²) in [6, 6.07) is 5.05. The molecular formula is C10H11NO3. The van der Waals surface area contributed by atoms with Gasteiger partial charge in [-0.1, -0.05) is 12.1 Å². The number of carbonyl (C=O) groups is 2. The second-order valence-corrected chi connectivity index (χ2v) is 2.92. The van der Waals surface area contributed by atoms with Crippen LogP contribution in [0.3, 0.4) is 0 Å². The zero-order valence-corrected chi connectivity index (χ0v) is 8.03. The molecule has 0 amide bonds. The SMILES string of the molecule is CC(=O)OC(=O)c1c(C)cccc1N. The van der Waals surface area contributed by atoms with Gasteiger partial charge in [0.25, 0.3) is 0 Å². The minimum absolute atomic E-state index is 0.253. The van der Waals surface area contributed by atoms with Gasteiger partial charge in [0.1, 0.15) is 0 Å². The number of hydrogen-bond donors (Lipinski definition) is 1. The first-order valence-electron chi connectivity index (χ1n) is 4.10. The largest absolute Gasteiger partial charge is 0.398 e. The number of nitrogens with two attached hydrogens (primary N) is 1. The smallest absolute Gasteiger partial charge is 0.348 e. The van der Waals surface area contributed by atoms with Crippen molar-refractivity contribution in [2.45, 2.75) is 13.8 Å². The van der Waals surface area contributed by atoms with Crippen molar-refractivity contribution >= 4 is 17.6 Å². The highest BCUT2D eigenvalue weighted by molar-refractivity contribution is 6.01. The molecule has 0 atom stereocenters. The molecule has 0 aliphatic heterocycles. The Morgan fingerprint density at radius 2 is 2.00 bits per heavy atom. The maximum atomic E-state index is 11.4. The van der Waals surface area contributed by atoms with E-state index in [-0.39, 0.29) is 5.56 Å². The lowest BCUT2D eigenvalue weighted by atomic mass is 10.1. The van der Waals surface area contributed by atoms with Gasteiger partial charge in [-0.2, -0.15) is 0 Å². The molecule has 4 heteroatoms. The molecule has 0 radical (unpaired) electrons. The fraction of sp³-hybridized carbons (Fsp3) is 0.200. The fourth-order valence-electron chi connectivity index (χ4n) is 1.15. The number of benzene rings is 1. The van der Waals surface area contributed by atoms with E-state index in [1.54, 1.807) is 25.1 Å². The van der Waals surface area contributed by atoms with Crippen LogP contribution in [0.2, 0.25) is 0 Å². The van der Waals surface area contributed by atoms with Gasteiger partial charge in [-0.3, -0.25) is 4.79 Å². The van der Waals surface area contributed by atoms with Crippen molar-refractivity contribution in [1.29, 1.82) is 0 Å². The van der Waals surface area contributed by atoms with Gasteiger partial charge in [-0.15, -0.1) is 0 Å². The van der Waals surface area contributed by atoms with Crippen molar-refractivity contribution in [3.8, 4) is 0 Å². The molecule has 0 fully saturated rings. The van der Waals surface area contributed by atoms with E-state index in [1.807, 2.05) is 0 Å². The van der Waals surface area contributed by atoms with Gasteiger partial charge in [0.05, 0.1) is 5.56 Å². The molecule has 1 aromatic rings. The lowest BCUT2D eigenvalue weighted by Gasteiger charge is -2.06. The van der Waals surface area contributed by atoms with E-state index in [1.165, 1.54) is 6.92 Å². The molecule has 0 aliphatic carbocycles. The van der Waals surface area contributed by atoms with Crippen LogP contribution in [-0.2, 0) is 9.53 Å². The molecule has 2 N–H and O–H groups in total. The van der Waals surface area contributed by atoms with Crippen molar-refractivity contribution in [3.05, 3.63) is 29.3 Å². The summed E-state index contributed by atoms with van der Waals surface area (Å²) in [6.07, 6.45) is 0. The minimum atomic E-state index is -0.701. The number of esters is 2. The van der Waals surface area contributed by atoms with Crippen LogP contribution in [0.5, 0.6) is 0 Å². The summed E-state index contributed by atoms with van der Waals surface area (Å²) >= 11 is 0. The van der Waals surface area contributed by atoms with E-state index in [4.69, 9.17) is 5.73 Å². The predicted octanol–water partition coefficient (Wildman–Crippen LogP) is 1.28. The van der Waals surface area contributed by atoms with Crippen molar-refractivity contribution in [1.82, 2.24) is 0 Å². The topological polar surface area (TPSA) is 69.4 Å². The maximum absolute atomic E-state index is 11.4. The van der Waals surface area contributed by atoms with E-state index in [9.17, 15) is 9.59 Å². The summed E-state index contributed by atoms with van der Waals surface area (Å²) in [5, 5.41) is 0. The normalized spacial score (nSPS) is 9.57. The molecule has 14 heavy (non-hydrogen) atoms. The Morgan fingerprint density at radius 3 is 2.50 bits per heavy atom. The molecule has 0 unspecified atom stereocenters. The Morgan fingerprint density at radius 1 is 1.36 bits per heavy atom. The second-order valence-electron chi connectivity index (χ2n) is 2.92. The number of hydrogen-bond acceptors (Lipinski definition) is 4. The van der Waals surface area contributed by atoms with Crippen LogP contribution < -0.4 is 5.73 Å². The average Bonchev–Trinajstić information content (AvgIpc) is 2.01. The van der Waals surface area contributed by atoms with E-state index >= 15 is 0 Å². The molecule has 0 bridgehead atoms. The molecule has 4 nitrogen and oxygen atoms in total. The molecule has 1 aromatic carbocycles. The van der Waals surface area contributed by atoms with Gasteiger partial charge in [-0.25, -0.2) is 4.79 Å². The van der Waals surface area contributed by atoms with Crippen LogP contribution in [0.1, 0.15) is 22.8 Å². The van der Waals surface area contributed by atoms with E-state index < -0.39 is 11.9 Å². The van der Waals surface area contributed by atoms with Gasteiger partial charge in [0.15, 0.2) is 0 Å². The summed E-state index contributed by atoms with van der Waals surface area (Å²) in [5.74, 6) is -1.34. The van der Waals surface area contributed by atoms with E-state index in [2.05, 4.69) is 4.74 Å². The number of carbonyl (C=O) groups excluding carboxylic acids is 2. The predicted molar refractivity (Wildman–Crippen MR) is 51.7 cm³/mol. The number of aryl methyl sites for hydroxylation is 1. The highest BCUT2D eigenvalue weighted by atomic mass is 16.6. The number of rotatable bonds is 1. The van der Waals surface area contributed by atoms with Gasteiger partial charge < -0.3 is 10.5 Å². The fourth-order valence-corrected chi connectivity index (χ4v) is 1.15. The Labute approximate surface area is 81.7 Å². The molecule has 0 aliphatic rings. The summed E-state index contributed by atoms with van der Waals surface area (Å²) in [5.41, 5.74) is 6.85. The molecule has 0 heterocycles. The Kier molecular flexibility index (Phi) is 2.86. The molecule has 0 aromatic heterocycles. The Bertz CT molecular complexity index is 365. The first-order chi connectivity index (χ1) is 6.52. The van der Waals surface area contributed by atoms with Gasteiger partial charge in [-0.05, 0) is 18.6 Å². The summed E-state index contributed by atoms with van der Waals surface area (Å²) in [4.78, 5) is 21.9. The van der Waals surface area contributed by atoms with E-state index in [0.717, 1.165) is 0 Å². The van der Waals surface area contributed by atoms with Crippen LogP contribution in [0.25, 0.3) is 0 Å². The molecule has 1 rings (SSSR count). The quantitative estimate of drug-likeness (QED) is 0.414. The molecular weight excluding hydrogens is 182 g/mol. The number of nitrogen functional groups attached to an aromatic ring is 1. The van der Waals surface area contributed by atoms with Crippen molar-refractivity contribution in [3.63, 3.8) is 0 Å². The van der Waals surface area contributed by atoms with Crippen molar-refractivity contribution < 1.29 is 14.3 Å². The third-order valence-electron chi connectivity index (χ3n) is 1.75. The summed E-state index contributed by atoms with van der Waals surface area (Å²) < 4.78 is 4.44. The van der Waals surface area contributed by atoms with Gasteiger partial charge in [0, 0.05) is 12.6 Å². The monoisotopic (exact) mass is 193 g/mol. The maximum Gasteiger partial charge on any atom is 0.348 e. The first-order valence-corrected chi connectivity index (χ1v) is 4.10. The zero-order valence-electron chi connectivity index (χ0n) is 8.03. The second kappa shape index (κ2) is 3.91. The standard InChI is InChI=1S/C10H11NO3/c1-6-4-3-5-8(11)9(6)10(13)14-7(2)12/h3-5H,11H2,1-2H3. The Balaban J connectivity index is 3.06. The molecule has 0 saturated heterocycles. The lowest BCUT2D eigenvalue weighted by molar-refractivity contribution is -0.135. The molecule has 74 valence electrons. The average molecular weight is 193 g/mol. The van der Waals surface area contributed by atoms with Gasteiger partial charge in [0.2, 0.25) is 0 Å². The zero-order chi connectivity index (χ0) is 10.7. The Hall–Kier alpha value is -1.84. The van der Waals surface area contributed by atoms with Crippen LogP contribution in [0.4, 0.5) is 5.69 Å². The van der Waals surface area contributed by atoms with Crippen LogP contribution in [-0.4, -0.2) is 11.9 Å². The van der Waals surface area contributed by atoms with Gasteiger partial charge >= 0.3 is 11.9 Å². The lowest BCUT2D eigenvalue weighted by Crippen LogP contribution is -2.12. The van der Waals surface area contributed by atoms with Crippen LogP contribution >= 0.6 is 0 Å². The number of ether oxygens (including phenoxy) is 1. The van der Waals surface area contributed by atoms with Crippen LogP contribution in [0.15, 0.2) is 18.2 Å². The minimum Gasteiger partial charge on any atom is -0.398 e. The van der Waals surface area contributed by atoms with Crippen molar-refractivity contribution in [2.24, 2.45) is 0 Å². The summed E-state index contributed by atoms with van der Waals surface area (Å²) in [7, 11) is 0. The highest BCUT2D eigenvalue weighted by Crippen LogP contribution is 2.17. The molecule has 0 saturated carbocycles. The van der Waals surface area contributed by atoms with E-state index in [0.29, 0.717) is 11.3 Å². The number of anilines is 1. The van der Waals surface area contributed by atoms with Crippen molar-refractivity contribution in [2.75, 3.05) is 5.73 Å². The highest BCUT2D eigenvalue weighted by Gasteiger charge is 2.15. The summed E-state index contributed by atoms with van der Waals surface area (Å²) in [6.45, 7) is 2.90. The third-order valence-corrected chi connectivity index (χ3v) is 1.75. The van der Waals surface area contributed by atoms with Crippen LogP contribution in [0, 0.1) is 6.92 Å². The molecule has 0 spiro atoms.